The van der Waals surface area contributed by atoms with Crippen molar-refractivity contribution < 1.29 is 22.7 Å². The van der Waals surface area contributed by atoms with Crippen LogP contribution in [0.15, 0.2) is 24.3 Å². The monoisotopic (exact) mass is 243 g/mol. The summed E-state index contributed by atoms with van der Waals surface area (Å²) in [5.41, 5.74) is 4.89. The lowest BCUT2D eigenvalue weighted by atomic mass is 10.2. The lowest BCUT2D eigenvalue weighted by Crippen LogP contribution is -2.17. The van der Waals surface area contributed by atoms with Crippen LogP contribution in [0.3, 0.4) is 0 Å². The van der Waals surface area contributed by atoms with E-state index in [1.165, 1.54) is 18.2 Å². The number of rotatable bonds is 2. The first-order chi connectivity index (χ1) is 7.88. The second-order valence-corrected chi connectivity index (χ2v) is 2.99. The quantitative estimate of drug-likeness (QED) is 0.805. The van der Waals surface area contributed by atoms with Crippen LogP contribution >= 0.6 is 0 Å². The molecule has 90 valence electrons. The van der Waals surface area contributed by atoms with E-state index in [-0.39, 0.29) is 12.0 Å². The molecule has 0 fully saturated rings. The summed E-state index contributed by atoms with van der Waals surface area (Å²) in [6, 6.07) is 5.40. The number of carbonyl (C=O) groups is 1. The molecule has 0 aromatic heterocycles. The highest BCUT2D eigenvalue weighted by atomic mass is 19.4. The second kappa shape index (κ2) is 5.25. The Morgan fingerprint density at radius 3 is 2.59 bits per heavy atom. The highest BCUT2D eigenvalue weighted by Crippen LogP contribution is 2.25. The predicted octanol–water partition coefficient (Wildman–Crippen LogP) is 1.81. The molecule has 1 amide bonds. The molecule has 0 radical (unpaired) electrons. The van der Waals surface area contributed by atoms with Crippen molar-refractivity contribution >= 4 is 5.91 Å². The normalized spacial score (nSPS) is 10.3. The molecule has 0 heterocycles. The molecule has 2 N–H and O–H groups in total. The fourth-order valence-electron chi connectivity index (χ4n) is 1.01. The van der Waals surface area contributed by atoms with Gasteiger partial charge in [0.15, 0.2) is 0 Å². The minimum atomic E-state index is -4.78. The predicted molar refractivity (Wildman–Crippen MR) is 53.8 cm³/mol. The number of ether oxygens (including phenoxy) is 1. The highest BCUT2D eigenvalue weighted by molar-refractivity contribution is 5.76. The number of benzene rings is 1. The zero-order chi connectivity index (χ0) is 12.9. The molecule has 0 bridgehead atoms. The second-order valence-electron chi connectivity index (χ2n) is 2.99. The Bertz CT molecular complexity index is 472. The van der Waals surface area contributed by atoms with Crippen molar-refractivity contribution in [1.82, 2.24) is 0 Å². The number of alkyl halides is 3. The van der Waals surface area contributed by atoms with Gasteiger partial charge in [-0.15, -0.1) is 13.2 Å². The number of para-hydroxylation sites is 1. The zero-order valence-electron chi connectivity index (χ0n) is 8.54. The summed E-state index contributed by atoms with van der Waals surface area (Å²) < 4.78 is 39.9. The molecule has 0 atom stereocenters. The summed E-state index contributed by atoms with van der Waals surface area (Å²) in [6.45, 7) is 0. The molecule has 0 aliphatic rings. The molecule has 3 nitrogen and oxygen atoms in total. The van der Waals surface area contributed by atoms with Crippen LogP contribution in [0, 0.1) is 11.8 Å². The summed E-state index contributed by atoms with van der Waals surface area (Å²) in [5, 5.41) is 0. The van der Waals surface area contributed by atoms with Gasteiger partial charge >= 0.3 is 6.36 Å². The number of primary amides is 1. The minimum Gasteiger partial charge on any atom is -0.404 e. The van der Waals surface area contributed by atoms with Crippen LogP contribution in [-0.4, -0.2) is 12.3 Å². The third-order valence-electron chi connectivity index (χ3n) is 1.60. The van der Waals surface area contributed by atoms with Crippen LogP contribution in [0.25, 0.3) is 0 Å². The van der Waals surface area contributed by atoms with Crippen LogP contribution < -0.4 is 10.5 Å². The molecule has 1 aromatic rings. The van der Waals surface area contributed by atoms with E-state index in [2.05, 4.69) is 16.6 Å². The van der Waals surface area contributed by atoms with Crippen molar-refractivity contribution in [3.8, 4) is 17.6 Å². The summed E-state index contributed by atoms with van der Waals surface area (Å²) in [4.78, 5) is 10.4. The molecule has 1 aromatic carbocycles. The van der Waals surface area contributed by atoms with Crippen molar-refractivity contribution in [3.63, 3.8) is 0 Å². The number of nitrogens with two attached hydrogens (primary N) is 1. The van der Waals surface area contributed by atoms with E-state index in [0.29, 0.717) is 0 Å². The standard InChI is InChI=1S/C11H8F3NO2/c12-11(13,14)17-9-6-2-1-4-8(9)5-3-7-10(15)16/h1-2,4,6H,7H2,(H2,15,16). The van der Waals surface area contributed by atoms with E-state index in [9.17, 15) is 18.0 Å². The average molecular weight is 243 g/mol. The van der Waals surface area contributed by atoms with Crippen LogP contribution in [-0.2, 0) is 4.79 Å². The van der Waals surface area contributed by atoms with E-state index in [4.69, 9.17) is 5.73 Å². The molecular formula is C11H8F3NO2. The number of hydrogen-bond acceptors (Lipinski definition) is 2. The van der Waals surface area contributed by atoms with Gasteiger partial charge in [-0.25, -0.2) is 0 Å². The largest absolute Gasteiger partial charge is 0.573 e. The Kier molecular flexibility index (Phi) is 3.99. The first kappa shape index (κ1) is 12.9. The van der Waals surface area contributed by atoms with Gasteiger partial charge in [0.25, 0.3) is 0 Å². The first-order valence-electron chi connectivity index (χ1n) is 4.50. The van der Waals surface area contributed by atoms with Gasteiger partial charge in [-0.2, -0.15) is 0 Å². The fraction of sp³-hybridized carbons (Fsp3) is 0.182. The Morgan fingerprint density at radius 2 is 2.00 bits per heavy atom. The summed E-state index contributed by atoms with van der Waals surface area (Å²) in [7, 11) is 0. The molecule has 17 heavy (non-hydrogen) atoms. The molecule has 0 unspecified atom stereocenters. The van der Waals surface area contributed by atoms with E-state index < -0.39 is 18.0 Å². The molecule has 0 spiro atoms. The Morgan fingerprint density at radius 1 is 1.35 bits per heavy atom. The first-order valence-corrected chi connectivity index (χ1v) is 4.50. The Labute approximate surface area is 95.4 Å². The van der Waals surface area contributed by atoms with Gasteiger partial charge in [0, 0.05) is 0 Å². The zero-order valence-corrected chi connectivity index (χ0v) is 8.54. The van der Waals surface area contributed by atoms with Gasteiger partial charge in [-0.05, 0) is 12.1 Å². The molecule has 0 aliphatic heterocycles. The number of amides is 1. The van der Waals surface area contributed by atoms with Crippen molar-refractivity contribution in [2.45, 2.75) is 12.8 Å². The van der Waals surface area contributed by atoms with Crippen molar-refractivity contribution in [2.75, 3.05) is 0 Å². The van der Waals surface area contributed by atoms with E-state index in [0.717, 1.165) is 6.07 Å². The maximum atomic E-state index is 12.0. The van der Waals surface area contributed by atoms with Crippen molar-refractivity contribution in [2.24, 2.45) is 5.73 Å². The van der Waals surface area contributed by atoms with Gasteiger partial charge in [0.2, 0.25) is 5.91 Å². The molecule has 0 saturated carbocycles. The average Bonchev–Trinajstić information content (AvgIpc) is 2.17. The van der Waals surface area contributed by atoms with E-state index in [1.807, 2.05) is 0 Å². The van der Waals surface area contributed by atoms with Gasteiger partial charge in [0.05, 0.1) is 12.0 Å². The Hall–Kier alpha value is -2.16. The van der Waals surface area contributed by atoms with Crippen LogP contribution in [0.4, 0.5) is 13.2 Å². The van der Waals surface area contributed by atoms with Gasteiger partial charge in [0.1, 0.15) is 5.75 Å². The third-order valence-corrected chi connectivity index (χ3v) is 1.60. The van der Waals surface area contributed by atoms with Gasteiger partial charge < -0.3 is 10.5 Å². The summed E-state index contributed by atoms with van der Waals surface area (Å²) >= 11 is 0. The van der Waals surface area contributed by atoms with Crippen molar-refractivity contribution in [1.29, 1.82) is 0 Å². The van der Waals surface area contributed by atoms with Gasteiger partial charge in [-0.3, -0.25) is 4.79 Å². The topological polar surface area (TPSA) is 52.3 Å². The summed E-state index contributed by atoms with van der Waals surface area (Å²) in [5.74, 6) is 3.69. The number of carbonyl (C=O) groups excluding carboxylic acids is 1. The maximum absolute atomic E-state index is 12.0. The smallest absolute Gasteiger partial charge is 0.404 e. The van der Waals surface area contributed by atoms with E-state index >= 15 is 0 Å². The van der Waals surface area contributed by atoms with Crippen LogP contribution in [0.1, 0.15) is 12.0 Å². The van der Waals surface area contributed by atoms with E-state index in [1.54, 1.807) is 0 Å². The Balaban J connectivity index is 2.91. The van der Waals surface area contributed by atoms with Crippen molar-refractivity contribution in [3.05, 3.63) is 29.8 Å². The molecule has 0 aliphatic carbocycles. The fourth-order valence-corrected chi connectivity index (χ4v) is 1.01. The number of hydrogen-bond donors (Lipinski definition) is 1. The lowest BCUT2D eigenvalue weighted by Gasteiger charge is -2.09. The van der Waals surface area contributed by atoms with Gasteiger partial charge in [-0.1, -0.05) is 24.0 Å². The minimum absolute atomic E-state index is 0.0473. The molecule has 6 heteroatoms. The number of halogens is 3. The van der Waals surface area contributed by atoms with Crippen LogP contribution in [0.2, 0.25) is 0 Å². The van der Waals surface area contributed by atoms with Crippen LogP contribution in [0.5, 0.6) is 5.75 Å². The maximum Gasteiger partial charge on any atom is 0.573 e. The third kappa shape index (κ3) is 4.93. The SMILES string of the molecule is NC(=O)CC#Cc1ccccc1OC(F)(F)F. The highest BCUT2D eigenvalue weighted by Gasteiger charge is 2.31. The lowest BCUT2D eigenvalue weighted by molar-refractivity contribution is -0.274. The molecular weight excluding hydrogens is 235 g/mol. The summed E-state index contributed by atoms with van der Waals surface area (Å²) in [6.07, 6.45) is -5.00. The molecule has 0 saturated heterocycles. The molecule has 1 rings (SSSR count).